The molecule has 7 rings (SSSR count). The molecule has 5 aliphatic rings. The lowest BCUT2D eigenvalue weighted by atomic mass is 9.68. The van der Waals surface area contributed by atoms with Crippen LogP contribution >= 0.6 is 11.6 Å². The van der Waals surface area contributed by atoms with Gasteiger partial charge in [0.2, 0.25) is 6.43 Å². The van der Waals surface area contributed by atoms with Gasteiger partial charge in [0.25, 0.3) is 5.91 Å². The van der Waals surface area contributed by atoms with E-state index in [1.807, 2.05) is 19.1 Å². The maximum Gasteiger partial charge on any atom is 0.327 e. The molecule has 0 saturated heterocycles. The summed E-state index contributed by atoms with van der Waals surface area (Å²) in [6, 6.07) is 9.71. The molecular formula is C37H45ClF2N4O5S. The van der Waals surface area contributed by atoms with E-state index in [9.17, 15) is 22.6 Å². The van der Waals surface area contributed by atoms with Crippen LogP contribution in [0.1, 0.15) is 66.9 Å². The van der Waals surface area contributed by atoms with Crippen LogP contribution in [0.5, 0.6) is 5.75 Å². The summed E-state index contributed by atoms with van der Waals surface area (Å²) in [5.74, 6) is -0.692. The number of carbonyl (C=O) groups excluding carboxylic acids is 2. The van der Waals surface area contributed by atoms with Crippen LogP contribution in [0, 0.1) is 23.7 Å². The Balaban J connectivity index is 1.26. The molecule has 0 unspecified atom stereocenters. The van der Waals surface area contributed by atoms with Crippen molar-refractivity contribution in [3.63, 3.8) is 0 Å². The Morgan fingerprint density at radius 2 is 2.06 bits per heavy atom. The lowest BCUT2D eigenvalue weighted by Crippen LogP contribution is -2.49. The number of rotatable bonds is 4. The van der Waals surface area contributed by atoms with E-state index in [1.165, 1.54) is 11.1 Å². The first kappa shape index (κ1) is 35.2. The molecule has 2 bridgehead atoms. The highest BCUT2D eigenvalue weighted by molar-refractivity contribution is 7.92. The van der Waals surface area contributed by atoms with Gasteiger partial charge in [-0.05, 0) is 104 Å². The molecule has 8 atom stereocenters. The highest BCUT2D eigenvalue weighted by Gasteiger charge is 2.46. The minimum absolute atomic E-state index is 0.102. The third-order valence-corrected chi connectivity index (χ3v) is 13.5. The monoisotopic (exact) mass is 730 g/mol. The van der Waals surface area contributed by atoms with Gasteiger partial charge in [-0.1, -0.05) is 36.7 Å². The number of alkyl halides is 2. The van der Waals surface area contributed by atoms with Gasteiger partial charge >= 0.3 is 6.03 Å². The third kappa shape index (κ3) is 7.25. The molecule has 2 aromatic rings. The SMILES string of the molecule is CO[C@H]1/C=C/C[C@H](C)C[S@@](=O)(NC(=O)N[C@@H]2C[C@H]2C(F)F)=NC(=O)c2ccc3c(c2)N(C[C@@H]2CC[C@H]21)C[C@@]1(CCCc2cc(Cl)ccc21)CO3. The number of amides is 3. The van der Waals surface area contributed by atoms with E-state index in [0.717, 1.165) is 44.3 Å². The largest absolute Gasteiger partial charge is 0.490 e. The summed E-state index contributed by atoms with van der Waals surface area (Å²) in [7, 11) is -1.92. The quantitative estimate of drug-likeness (QED) is 0.331. The van der Waals surface area contributed by atoms with Crippen LogP contribution in [0.15, 0.2) is 52.9 Å². The average molecular weight is 731 g/mol. The molecule has 3 amide bonds. The van der Waals surface area contributed by atoms with E-state index in [2.05, 4.69) is 37.5 Å². The Morgan fingerprint density at radius 1 is 1.22 bits per heavy atom. The summed E-state index contributed by atoms with van der Waals surface area (Å²) >= 11 is 6.43. The molecule has 2 N–H and O–H groups in total. The molecule has 1 spiro atoms. The molecule has 2 fully saturated rings. The average Bonchev–Trinajstić information content (AvgIpc) is 3.84. The second-order valence-electron chi connectivity index (χ2n) is 14.9. The van der Waals surface area contributed by atoms with Gasteiger partial charge in [-0.15, -0.1) is 4.36 Å². The minimum atomic E-state index is -3.64. The summed E-state index contributed by atoms with van der Waals surface area (Å²) in [5.41, 5.74) is 3.17. The van der Waals surface area contributed by atoms with Crippen LogP contribution in [0.4, 0.5) is 19.3 Å². The van der Waals surface area contributed by atoms with Crippen molar-refractivity contribution in [1.29, 1.82) is 0 Å². The summed E-state index contributed by atoms with van der Waals surface area (Å²) < 4.78 is 59.6. The Hall–Kier alpha value is -3.22. The number of hydrogen-bond acceptors (Lipinski definition) is 6. The van der Waals surface area contributed by atoms with Crippen LogP contribution < -0.4 is 19.7 Å². The van der Waals surface area contributed by atoms with Crippen molar-refractivity contribution in [1.82, 2.24) is 10.0 Å². The molecule has 0 aromatic heterocycles. The molecule has 270 valence electrons. The number of urea groups is 1. The maximum atomic E-state index is 14.3. The van der Waals surface area contributed by atoms with Crippen molar-refractivity contribution in [3.05, 3.63) is 70.3 Å². The van der Waals surface area contributed by atoms with E-state index in [4.69, 9.17) is 21.1 Å². The topological polar surface area (TPSA) is 109 Å². The minimum Gasteiger partial charge on any atom is -0.490 e. The summed E-state index contributed by atoms with van der Waals surface area (Å²) in [5, 5.41) is 3.19. The van der Waals surface area contributed by atoms with Gasteiger partial charge < -0.3 is 19.7 Å². The predicted octanol–water partition coefficient (Wildman–Crippen LogP) is 6.93. The normalized spacial score (nSPS) is 34.3. The van der Waals surface area contributed by atoms with Gasteiger partial charge in [0, 0.05) is 48.2 Å². The maximum absolute atomic E-state index is 14.3. The van der Waals surface area contributed by atoms with Crippen LogP contribution in [-0.2, 0) is 26.5 Å². The number of aryl methyl sites for hydroxylation is 1. The molecule has 2 aliphatic heterocycles. The number of ether oxygens (including phenoxy) is 2. The highest BCUT2D eigenvalue weighted by Crippen LogP contribution is 2.47. The van der Waals surface area contributed by atoms with Crippen LogP contribution in [0.2, 0.25) is 5.02 Å². The molecule has 3 aliphatic carbocycles. The van der Waals surface area contributed by atoms with Gasteiger partial charge in [0.15, 0.2) is 0 Å². The number of benzene rings is 2. The van der Waals surface area contributed by atoms with Crippen molar-refractivity contribution >= 4 is 39.1 Å². The number of anilines is 1. The van der Waals surface area contributed by atoms with E-state index >= 15 is 0 Å². The lowest BCUT2D eigenvalue weighted by Gasteiger charge is -2.46. The Labute approximate surface area is 297 Å². The number of fused-ring (bicyclic) bond motifs is 4. The molecule has 2 heterocycles. The van der Waals surface area contributed by atoms with Crippen LogP contribution in [0.3, 0.4) is 0 Å². The fraction of sp³-hybridized carbons (Fsp3) is 0.568. The zero-order valence-corrected chi connectivity index (χ0v) is 30.0. The Kier molecular flexibility index (Phi) is 9.90. The number of hydrogen-bond donors (Lipinski definition) is 2. The highest BCUT2D eigenvalue weighted by atomic mass is 35.5. The third-order valence-electron chi connectivity index (χ3n) is 11.2. The van der Waals surface area contributed by atoms with Crippen molar-refractivity contribution in [2.45, 2.75) is 75.9 Å². The lowest BCUT2D eigenvalue weighted by molar-refractivity contribution is 0.0131. The van der Waals surface area contributed by atoms with Crippen molar-refractivity contribution in [2.24, 2.45) is 28.0 Å². The number of halogens is 3. The van der Waals surface area contributed by atoms with Crippen LogP contribution in [-0.4, -0.2) is 67.3 Å². The van der Waals surface area contributed by atoms with Gasteiger partial charge in [0.1, 0.15) is 15.7 Å². The fourth-order valence-electron chi connectivity index (χ4n) is 8.37. The number of nitrogens with one attached hydrogen (secondary N) is 2. The standard InChI is InChI=1S/C37H45ClF2N4O5S/c1-22-5-3-7-32(48-2)27-11-8-25(27)18-44-20-37(14-4-6-23-15-26(38)10-12-29(23)37)21-49-33-13-9-24(16-31(33)44)35(45)42-50(47,19-22)43-36(46)41-30-17-28(30)34(39)40/h3,7,9-10,12-13,15-16,22,25,27-28,30,32,34H,4-6,8,11,14,17-21H2,1-2H3,(H2,41,42,43,45,46,47)/b7-3+/t22-,25-,27+,28+,30+,32-,37-,50-/m0/s1. The zero-order valence-electron chi connectivity index (χ0n) is 28.4. The van der Waals surface area contributed by atoms with Crippen LogP contribution in [0.25, 0.3) is 0 Å². The first-order valence-electron chi connectivity index (χ1n) is 17.6. The van der Waals surface area contributed by atoms with Crippen molar-refractivity contribution in [2.75, 3.05) is 37.5 Å². The molecule has 2 saturated carbocycles. The summed E-state index contributed by atoms with van der Waals surface area (Å²) in [6.07, 6.45) is 7.07. The van der Waals surface area contributed by atoms with E-state index in [0.29, 0.717) is 42.2 Å². The first-order valence-corrected chi connectivity index (χ1v) is 19.7. The molecule has 9 nitrogen and oxygen atoms in total. The molecule has 13 heteroatoms. The number of nitrogens with zero attached hydrogens (tertiary/aromatic N) is 2. The predicted molar refractivity (Wildman–Crippen MR) is 189 cm³/mol. The first-order chi connectivity index (χ1) is 24.0. The van der Waals surface area contributed by atoms with E-state index < -0.39 is 40.2 Å². The second kappa shape index (κ2) is 14.1. The van der Waals surface area contributed by atoms with Gasteiger partial charge in [-0.3, -0.25) is 9.52 Å². The Bertz CT molecular complexity index is 1800. The smallest absolute Gasteiger partial charge is 0.327 e. The Morgan fingerprint density at radius 3 is 2.80 bits per heavy atom. The van der Waals surface area contributed by atoms with E-state index in [-0.39, 0.29) is 35.2 Å². The molecule has 0 radical (unpaired) electrons. The molecule has 2 aromatic carbocycles. The van der Waals surface area contributed by atoms with Gasteiger partial charge in [-0.25, -0.2) is 17.8 Å². The van der Waals surface area contributed by atoms with Gasteiger partial charge in [-0.2, -0.15) is 0 Å². The van der Waals surface area contributed by atoms with Crippen molar-refractivity contribution in [3.8, 4) is 5.75 Å². The van der Waals surface area contributed by atoms with Crippen molar-refractivity contribution < 1.29 is 32.1 Å². The number of carbonyl (C=O) groups is 2. The fourth-order valence-corrected chi connectivity index (χ4v) is 10.4. The zero-order chi connectivity index (χ0) is 35.2. The number of allylic oxidation sites excluding steroid dienone is 1. The van der Waals surface area contributed by atoms with Gasteiger partial charge in [0.05, 0.1) is 24.2 Å². The van der Waals surface area contributed by atoms with E-state index in [1.54, 1.807) is 25.3 Å². The molecular weight excluding hydrogens is 686 g/mol. The molecule has 50 heavy (non-hydrogen) atoms. The second-order valence-corrected chi connectivity index (χ2v) is 17.3. The number of methoxy groups -OCH3 is 1. The summed E-state index contributed by atoms with van der Waals surface area (Å²) in [4.78, 5) is 29.1. The summed E-state index contributed by atoms with van der Waals surface area (Å²) in [6.45, 7) is 3.76.